The summed E-state index contributed by atoms with van der Waals surface area (Å²) in [5.74, 6) is 0. The van der Waals surface area contributed by atoms with Gasteiger partial charge in [0.05, 0.1) is 0 Å². The molecule has 88 valence electrons. The first-order valence-corrected chi connectivity index (χ1v) is 13.1. The molecule has 1 aromatic carbocycles. The minimum atomic E-state index is 0.135. The summed E-state index contributed by atoms with van der Waals surface area (Å²) in [5, 5.41) is 0. The fourth-order valence-corrected chi connectivity index (χ4v) is 8.36. The fraction of sp³-hybridized carbons (Fsp3) is 0.538. The van der Waals surface area contributed by atoms with Crippen molar-refractivity contribution in [1.29, 1.82) is 0 Å². The molecule has 0 aromatic heterocycles. The maximum absolute atomic E-state index is 2.75. The van der Waals surface area contributed by atoms with Crippen molar-refractivity contribution in [3.63, 3.8) is 0 Å². The number of aryl methyl sites for hydroxylation is 1. The second kappa shape index (κ2) is 4.00. The Balaban J connectivity index is 2.22. The van der Waals surface area contributed by atoms with E-state index >= 15 is 0 Å². The number of fused-ring (bicyclic) bond motifs is 3. The van der Waals surface area contributed by atoms with Crippen LogP contribution in [0.15, 0.2) is 18.2 Å². The molecule has 2 atom stereocenters. The van der Waals surface area contributed by atoms with Crippen LogP contribution in [-0.4, -0.2) is 6.04 Å². The van der Waals surface area contributed by atoms with Gasteiger partial charge in [0, 0.05) is 0 Å². The maximum atomic E-state index is 2.75. The number of rotatable bonds is 1. The Morgan fingerprint density at radius 1 is 1.50 bits per heavy atom. The van der Waals surface area contributed by atoms with E-state index in [0.29, 0.717) is 5.41 Å². The molecule has 0 radical (unpaired) electrons. The molecule has 1 aromatic rings. The summed E-state index contributed by atoms with van der Waals surface area (Å²) >= 11 is 2.76. The summed E-state index contributed by atoms with van der Waals surface area (Å²) in [6.45, 7) is 4.76. The Labute approximate surface area is 118 Å². The zero-order valence-corrected chi connectivity index (χ0v) is 13.9. The van der Waals surface area contributed by atoms with E-state index in [-0.39, 0.29) is 17.5 Å². The number of hydrogen-bond acceptors (Lipinski definition) is 1. The third kappa shape index (κ3) is 1.39. The van der Waals surface area contributed by atoms with Crippen molar-refractivity contribution in [2.75, 3.05) is 3.11 Å². The van der Waals surface area contributed by atoms with E-state index < -0.39 is 0 Å². The van der Waals surface area contributed by atoms with Gasteiger partial charge in [-0.3, -0.25) is 0 Å². The molecule has 1 aliphatic heterocycles. The van der Waals surface area contributed by atoms with Crippen molar-refractivity contribution < 1.29 is 17.5 Å². The van der Waals surface area contributed by atoms with Gasteiger partial charge in [-0.1, -0.05) is 0 Å². The van der Waals surface area contributed by atoms with Gasteiger partial charge < -0.3 is 0 Å². The summed E-state index contributed by atoms with van der Waals surface area (Å²) < 4.78 is 2.75. The molecule has 0 spiro atoms. The molecule has 1 aliphatic carbocycles. The third-order valence-corrected chi connectivity index (χ3v) is 8.50. The molecule has 3 rings (SSSR count). The van der Waals surface area contributed by atoms with E-state index in [9.17, 15) is 0 Å². The van der Waals surface area contributed by atoms with Crippen LogP contribution in [0.4, 0.5) is 5.69 Å². The minimum absolute atomic E-state index is 0.135. The van der Waals surface area contributed by atoms with Crippen LogP contribution >= 0.6 is 18.6 Å². The summed E-state index contributed by atoms with van der Waals surface area (Å²) in [6.07, 6.45) is 4.18. The van der Waals surface area contributed by atoms with Crippen LogP contribution in [0.3, 0.4) is 0 Å². The zero-order valence-electron chi connectivity index (χ0n) is 9.63. The van der Waals surface area contributed by atoms with E-state index in [1.807, 2.05) is 0 Å². The summed E-state index contributed by atoms with van der Waals surface area (Å²) in [6, 6.07) is 7.68. The van der Waals surface area contributed by atoms with Crippen molar-refractivity contribution >= 4 is 24.3 Å². The second-order valence-electron chi connectivity index (χ2n) is 5.17. The van der Waals surface area contributed by atoms with Crippen LogP contribution in [0.1, 0.15) is 37.3 Å². The number of benzene rings is 1. The number of nitrogens with zero attached hydrogens (tertiary/aromatic N) is 1. The summed E-state index contributed by atoms with van der Waals surface area (Å²) in [7, 11) is 0. The standard InChI is InChI=1S/C13H16I2N/c1-9-5-3-6-10-12(9)16(15-14)11-7-4-8-13(10,11)2/h3,5-6,11H,4,7-8H2,1-2H3/q-1. The van der Waals surface area contributed by atoms with Crippen molar-refractivity contribution in [2.45, 2.75) is 44.6 Å². The molecular weight excluding hydrogens is 424 g/mol. The first-order chi connectivity index (χ1) is 7.68. The van der Waals surface area contributed by atoms with Crippen LogP contribution < -0.4 is 20.6 Å². The van der Waals surface area contributed by atoms with E-state index in [0.717, 1.165) is 6.04 Å². The van der Waals surface area contributed by atoms with E-state index in [4.69, 9.17) is 0 Å². The Bertz CT molecular complexity index is 432. The number of halogens is 2. The van der Waals surface area contributed by atoms with Gasteiger partial charge in [-0.15, -0.1) is 0 Å². The van der Waals surface area contributed by atoms with Crippen LogP contribution in [0.25, 0.3) is 0 Å². The molecule has 3 heteroatoms. The molecule has 2 unspecified atom stereocenters. The molecule has 1 heterocycles. The van der Waals surface area contributed by atoms with Crippen molar-refractivity contribution in [2.24, 2.45) is 0 Å². The van der Waals surface area contributed by atoms with E-state index in [1.54, 1.807) is 11.3 Å². The average Bonchev–Trinajstić information content (AvgIpc) is 2.74. The topological polar surface area (TPSA) is 3.24 Å². The Hall–Kier alpha value is 0.480. The average molecular weight is 440 g/mol. The number of para-hydroxylation sites is 1. The van der Waals surface area contributed by atoms with Crippen LogP contribution in [0.5, 0.6) is 0 Å². The molecule has 2 aliphatic rings. The molecule has 1 fully saturated rings. The van der Waals surface area contributed by atoms with Crippen molar-refractivity contribution in [1.82, 2.24) is 0 Å². The van der Waals surface area contributed by atoms with Gasteiger partial charge in [0.25, 0.3) is 0 Å². The fourth-order valence-electron chi connectivity index (χ4n) is 3.46. The van der Waals surface area contributed by atoms with Gasteiger partial charge >= 0.3 is 119 Å². The van der Waals surface area contributed by atoms with Crippen LogP contribution in [0.2, 0.25) is 0 Å². The molecule has 0 saturated heterocycles. The number of anilines is 1. The zero-order chi connectivity index (χ0) is 11.3. The Kier molecular flexibility index (Phi) is 2.89. The van der Waals surface area contributed by atoms with Gasteiger partial charge in [-0.05, 0) is 0 Å². The Morgan fingerprint density at radius 2 is 2.31 bits per heavy atom. The molecule has 1 saturated carbocycles. The quantitative estimate of drug-likeness (QED) is 0.465. The first kappa shape index (κ1) is 11.6. The van der Waals surface area contributed by atoms with Gasteiger partial charge in [0.2, 0.25) is 0 Å². The molecule has 0 bridgehead atoms. The SMILES string of the molecule is Cc1cccc2c1N([I-]I)C1CCCC21C. The van der Waals surface area contributed by atoms with Gasteiger partial charge in [0.1, 0.15) is 0 Å². The third-order valence-electron chi connectivity index (χ3n) is 4.32. The Morgan fingerprint density at radius 3 is 3.06 bits per heavy atom. The van der Waals surface area contributed by atoms with Gasteiger partial charge in [-0.25, -0.2) is 0 Å². The predicted molar refractivity (Wildman–Crippen MR) is 72.7 cm³/mol. The second-order valence-corrected chi connectivity index (χ2v) is 9.02. The normalized spacial score (nSPS) is 31.9. The number of hydrogen-bond donors (Lipinski definition) is 0. The molecular formula is C13H16I2N-. The summed E-state index contributed by atoms with van der Waals surface area (Å²) in [4.78, 5) is 0. The van der Waals surface area contributed by atoms with Gasteiger partial charge in [0.15, 0.2) is 0 Å². The monoisotopic (exact) mass is 440 g/mol. The first-order valence-electron chi connectivity index (χ1n) is 5.84. The predicted octanol–water partition coefficient (Wildman–Crippen LogP) is 0.979. The van der Waals surface area contributed by atoms with Crippen LogP contribution in [-0.2, 0) is 5.41 Å². The summed E-state index contributed by atoms with van der Waals surface area (Å²) in [5.41, 5.74) is 5.14. The molecule has 16 heavy (non-hydrogen) atoms. The van der Waals surface area contributed by atoms with Crippen molar-refractivity contribution in [3.05, 3.63) is 29.3 Å². The van der Waals surface area contributed by atoms with Crippen molar-refractivity contribution in [3.8, 4) is 0 Å². The molecule has 0 N–H and O–H groups in total. The van der Waals surface area contributed by atoms with Crippen LogP contribution in [0, 0.1) is 6.92 Å². The van der Waals surface area contributed by atoms with Gasteiger partial charge in [-0.2, -0.15) is 0 Å². The molecule has 0 amide bonds. The molecule has 1 nitrogen and oxygen atoms in total. The van der Waals surface area contributed by atoms with E-state index in [2.05, 4.69) is 53.8 Å². The van der Waals surface area contributed by atoms with E-state index in [1.165, 1.54) is 24.8 Å².